The second-order valence-electron chi connectivity index (χ2n) is 3.64. The highest BCUT2D eigenvalue weighted by Crippen LogP contribution is 2.24. The van der Waals surface area contributed by atoms with Crippen LogP contribution < -0.4 is 5.32 Å². The summed E-state index contributed by atoms with van der Waals surface area (Å²) in [5, 5.41) is 11.7. The number of rotatable bonds is 2. The van der Waals surface area contributed by atoms with Crippen LogP contribution in [0.3, 0.4) is 0 Å². The van der Waals surface area contributed by atoms with E-state index in [4.69, 9.17) is 5.26 Å². The Morgan fingerprint density at radius 3 is 2.74 bits per heavy atom. The summed E-state index contributed by atoms with van der Waals surface area (Å²) in [7, 11) is 0. The van der Waals surface area contributed by atoms with Gasteiger partial charge in [0.2, 0.25) is 0 Å². The zero-order valence-corrected chi connectivity index (χ0v) is 11.2. The minimum Gasteiger partial charge on any atom is -0.271 e. The Morgan fingerprint density at radius 2 is 2.05 bits per heavy atom. The van der Waals surface area contributed by atoms with E-state index in [1.54, 1.807) is 12.4 Å². The molecule has 19 heavy (non-hydrogen) atoms. The Kier molecular flexibility index (Phi) is 4.54. The summed E-state index contributed by atoms with van der Waals surface area (Å²) in [4.78, 5) is 8.39. The second kappa shape index (κ2) is 6.57. The molecule has 1 N–H and O–H groups in total. The third-order valence-corrected chi connectivity index (χ3v) is 3.03. The van der Waals surface area contributed by atoms with Crippen LogP contribution in [0.15, 0.2) is 53.8 Å². The molecule has 0 unspecified atom stereocenters. The molecule has 0 radical (unpaired) electrons. The lowest BCUT2D eigenvalue weighted by molar-refractivity contribution is 1.28. The van der Waals surface area contributed by atoms with Crippen LogP contribution in [0.1, 0.15) is 0 Å². The van der Waals surface area contributed by atoms with Crippen LogP contribution in [-0.2, 0) is 0 Å². The normalized spacial score (nSPS) is 10.8. The molecule has 2 aromatic rings. The summed E-state index contributed by atoms with van der Waals surface area (Å²) in [6.45, 7) is 0. The third-order valence-electron chi connectivity index (χ3n) is 2.45. The van der Waals surface area contributed by atoms with Gasteiger partial charge in [-0.05, 0) is 41.6 Å². The molecule has 0 fully saturated rings. The van der Waals surface area contributed by atoms with Gasteiger partial charge in [0, 0.05) is 12.4 Å². The van der Waals surface area contributed by atoms with Crippen LogP contribution in [0.4, 0.5) is 5.69 Å². The number of nitriles is 1. The number of aromatic nitrogens is 1. The first-order chi connectivity index (χ1) is 9.33. The molecule has 1 heterocycles. The maximum absolute atomic E-state index is 8.62. The predicted octanol–water partition coefficient (Wildman–Crippen LogP) is 3.17. The van der Waals surface area contributed by atoms with E-state index >= 15 is 0 Å². The number of aliphatic imine (C=N–C) groups is 1. The monoisotopic (exact) mass is 268 g/mol. The average molecular weight is 268 g/mol. The molecule has 2 rings (SSSR count). The first kappa shape index (κ1) is 13.1. The highest BCUT2D eigenvalue weighted by atomic mass is 32.2. The molecule has 0 spiro atoms. The molecule has 94 valence electrons. The first-order valence-electron chi connectivity index (χ1n) is 5.61. The van der Waals surface area contributed by atoms with Gasteiger partial charge < -0.3 is 0 Å². The van der Waals surface area contributed by atoms with Crippen molar-refractivity contribution in [2.45, 2.75) is 0 Å². The molecule has 0 bridgehead atoms. The Hall–Kier alpha value is -2.32. The van der Waals surface area contributed by atoms with E-state index in [-0.39, 0.29) is 0 Å². The highest BCUT2D eigenvalue weighted by molar-refractivity contribution is 8.13. The van der Waals surface area contributed by atoms with Crippen LogP contribution >= 0.6 is 11.8 Å². The van der Waals surface area contributed by atoms with Crippen molar-refractivity contribution in [2.24, 2.45) is 4.99 Å². The third kappa shape index (κ3) is 3.57. The summed E-state index contributed by atoms with van der Waals surface area (Å²) in [6, 6.07) is 11.7. The molecular formula is C14H12N4S. The fraction of sp³-hybridized carbons (Fsp3) is 0.0714. The lowest BCUT2D eigenvalue weighted by Crippen LogP contribution is -2.12. The van der Waals surface area contributed by atoms with Gasteiger partial charge in [-0.15, -0.1) is 0 Å². The standard InChI is InChI=1S/C14H12N4S/c1-19-14(17-10-15)18-13-4-2-3-12(9-13)11-5-7-16-8-6-11/h2-9H,1H3,(H,17,18). The summed E-state index contributed by atoms with van der Waals surface area (Å²) in [5.74, 6) is 0. The Morgan fingerprint density at radius 1 is 1.26 bits per heavy atom. The van der Waals surface area contributed by atoms with Crippen molar-refractivity contribution in [2.75, 3.05) is 6.26 Å². The van der Waals surface area contributed by atoms with Gasteiger partial charge in [0.1, 0.15) is 0 Å². The number of pyridine rings is 1. The van der Waals surface area contributed by atoms with Crippen LogP contribution in [0.5, 0.6) is 0 Å². The molecule has 0 aliphatic carbocycles. The molecular weight excluding hydrogens is 256 g/mol. The summed E-state index contributed by atoms with van der Waals surface area (Å²) < 4.78 is 0. The van der Waals surface area contributed by atoms with E-state index in [1.165, 1.54) is 11.8 Å². The second-order valence-corrected chi connectivity index (χ2v) is 4.44. The first-order valence-corrected chi connectivity index (χ1v) is 6.84. The van der Waals surface area contributed by atoms with Crippen molar-refractivity contribution in [1.82, 2.24) is 10.3 Å². The van der Waals surface area contributed by atoms with Crippen LogP contribution in [0.2, 0.25) is 0 Å². The molecule has 1 aromatic carbocycles. The molecule has 0 aliphatic heterocycles. The number of benzene rings is 1. The predicted molar refractivity (Wildman–Crippen MR) is 79.0 cm³/mol. The summed E-state index contributed by atoms with van der Waals surface area (Å²) in [5.41, 5.74) is 2.97. The van der Waals surface area contributed by atoms with E-state index < -0.39 is 0 Å². The van der Waals surface area contributed by atoms with E-state index in [0.29, 0.717) is 5.17 Å². The molecule has 0 amide bonds. The lowest BCUT2D eigenvalue weighted by Gasteiger charge is -2.03. The molecule has 0 atom stereocenters. The summed E-state index contributed by atoms with van der Waals surface area (Å²) in [6.07, 6.45) is 7.27. The molecule has 0 saturated carbocycles. The smallest absolute Gasteiger partial charge is 0.183 e. The molecule has 5 heteroatoms. The van der Waals surface area contributed by atoms with Crippen molar-refractivity contribution < 1.29 is 0 Å². The highest BCUT2D eigenvalue weighted by Gasteiger charge is 2.00. The fourth-order valence-corrected chi connectivity index (χ4v) is 1.93. The number of hydrogen-bond donors (Lipinski definition) is 1. The largest absolute Gasteiger partial charge is 0.271 e. The topological polar surface area (TPSA) is 61.1 Å². The van der Waals surface area contributed by atoms with E-state index in [0.717, 1.165) is 16.8 Å². The van der Waals surface area contributed by atoms with Gasteiger partial charge in [0.25, 0.3) is 0 Å². The van der Waals surface area contributed by atoms with Crippen molar-refractivity contribution in [3.05, 3.63) is 48.8 Å². The van der Waals surface area contributed by atoms with Gasteiger partial charge in [-0.25, -0.2) is 4.99 Å². The van der Waals surface area contributed by atoms with Crippen molar-refractivity contribution in [3.63, 3.8) is 0 Å². The summed E-state index contributed by atoms with van der Waals surface area (Å²) >= 11 is 1.40. The maximum atomic E-state index is 8.62. The lowest BCUT2D eigenvalue weighted by atomic mass is 10.1. The number of nitrogens with one attached hydrogen (secondary N) is 1. The molecule has 4 nitrogen and oxygen atoms in total. The van der Waals surface area contributed by atoms with Gasteiger partial charge in [-0.1, -0.05) is 23.9 Å². The minimum absolute atomic E-state index is 0.578. The van der Waals surface area contributed by atoms with Gasteiger partial charge >= 0.3 is 0 Å². The van der Waals surface area contributed by atoms with Crippen LogP contribution in [0.25, 0.3) is 11.1 Å². The van der Waals surface area contributed by atoms with Crippen molar-refractivity contribution in [1.29, 1.82) is 5.26 Å². The molecule has 0 aliphatic rings. The number of amidine groups is 1. The van der Waals surface area contributed by atoms with Crippen LogP contribution in [-0.4, -0.2) is 16.4 Å². The number of hydrogen-bond acceptors (Lipinski definition) is 4. The van der Waals surface area contributed by atoms with Crippen molar-refractivity contribution >= 4 is 22.6 Å². The minimum atomic E-state index is 0.578. The van der Waals surface area contributed by atoms with Crippen molar-refractivity contribution in [3.8, 4) is 17.3 Å². The van der Waals surface area contributed by atoms with Crippen LogP contribution in [0, 0.1) is 11.5 Å². The average Bonchev–Trinajstić information content (AvgIpc) is 2.48. The van der Waals surface area contributed by atoms with Gasteiger partial charge in [0.05, 0.1) is 5.69 Å². The number of nitrogens with zero attached hydrogens (tertiary/aromatic N) is 3. The maximum Gasteiger partial charge on any atom is 0.183 e. The Labute approximate surface area is 116 Å². The fourth-order valence-electron chi connectivity index (χ4n) is 1.59. The Bertz CT molecular complexity index is 617. The van der Waals surface area contributed by atoms with E-state index in [9.17, 15) is 0 Å². The van der Waals surface area contributed by atoms with E-state index in [2.05, 4.69) is 15.3 Å². The van der Waals surface area contributed by atoms with Gasteiger partial charge in [-0.3, -0.25) is 10.3 Å². The number of thioether (sulfide) groups is 1. The quantitative estimate of drug-likeness (QED) is 0.393. The van der Waals surface area contributed by atoms with Gasteiger partial charge in [0.15, 0.2) is 11.4 Å². The molecule has 1 aromatic heterocycles. The zero-order chi connectivity index (χ0) is 13.5. The van der Waals surface area contributed by atoms with Gasteiger partial charge in [-0.2, -0.15) is 5.26 Å². The SMILES string of the molecule is CSC(=Nc1cccc(-c2ccncc2)c1)NC#N. The molecule has 0 saturated heterocycles. The van der Waals surface area contributed by atoms with E-state index in [1.807, 2.05) is 48.8 Å². The zero-order valence-electron chi connectivity index (χ0n) is 10.4. The Balaban J connectivity index is 2.33.